The van der Waals surface area contributed by atoms with Gasteiger partial charge in [-0.2, -0.15) is 0 Å². The summed E-state index contributed by atoms with van der Waals surface area (Å²) in [7, 11) is 0. The molecule has 6 heterocycles. The van der Waals surface area contributed by atoms with Crippen LogP contribution in [0.3, 0.4) is 0 Å². The second-order valence-electron chi connectivity index (χ2n) is 13.3. The minimum Gasteiger partial charge on any atom is -0.299 e. The Morgan fingerprint density at radius 3 is 2.05 bits per heavy atom. The number of rotatable bonds is 0. The standard InChI is InChI=1S/C35H33BN4/c1-18-19(2)33-37(20(18)3)27-15-11-13-25-32(27)40(33)29-17-23(35(6,7)8)16-28-31(29)36(25)30-24-12-9-10-14-26(24)38-21(4)22(5)39(28)34(30)38/h9-17H,1-8H3. The summed E-state index contributed by atoms with van der Waals surface area (Å²) in [6.07, 6.45) is 0. The van der Waals surface area contributed by atoms with Gasteiger partial charge in [-0.1, -0.05) is 51.1 Å². The van der Waals surface area contributed by atoms with Crippen LogP contribution in [0.2, 0.25) is 0 Å². The maximum Gasteiger partial charge on any atom is 0.255 e. The third-order valence-corrected chi connectivity index (χ3v) is 10.4. The lowest BCUT2D eigenvalue weighted by Crippen LogP contribution is -2.59. The molecule has 0 unspecified atom stereocenters. The third kappa shape index (κ3) is 2.28. The summed E-state index contributed by atoms with van der Waals surface area (Å²) in [6, 6.07) is 21.0. The molecule has 0 N–H and O–H groups in total. The predicted octanol–water partition coefficient (Wildman–Crippen LogP) is 6.06. The summed E-state index contributed by atoms with van der Waals surface area (Å²) in [6.45, 7) is 18.6. The fourth-order valence-corrected chi connectivity index (χ4v) is 8.09. The fourth-order valence-electron chi connectivity index (χ4n) is 8.09. The number of para-hydroxylation sites is 2. The molecule has 0 amide bonds. The molecule has 0 radical (unpaired) electrons. The highest BCUT2D eigenvalue weighted by molar-refractivity contribution is 7.01. The predicted molar refractivity (Wildman–Crippen MR) is 169 cm³/mol. The smallest absolute Gasteiger partial charge is 0.255 e. The first kappa shape index (κ1) is 22.7. The molecule has 0 fully saturated rings. The van der Waals surface area contributed by atoms with Crippen LogP contribution in [0, 0.1) is 34.6 Å². The molecule has 7 aromatic rings. The minimum atomic E-state index is 0.0167. The van der Waals surface area contributed by atoms with Crippen molar-refractivity contribution in [1.29, 1.82) is 0 Å². The van der Waals surface area contributed by atoms with Crippen molar-refractivity contribution in [2.24, 2.45) is 0 Å². The van der Waals surface area contributed by atoms with Gasteiger partial charge in [0.2, 0.25) is 0 Å². The Balaban J connectivity index is 1.61. The van der Waals surface area contributed by atoms with E-state index in [2.05, 4.69) is 128 Å². The van der Waals surface area contributed by atoms with Crippen molar-refractivity contribution in [3.63, 3.8) is 0 Å². The van der Waals surface area contributed by atoms with Crippen LogP contribution in [0.25, 0.3) is 44.6 Å². The number of aryl methyl sites for hydroxylation is 3. The molecule has 2 aliphatic rings. The highest BCUT2D eigenvalue weighted by Gasteiger charge is 2.44. The van der Waals surface area contributed by atoms with E-state index in [4.69, 9.17) is 0 Å². The Hall–Kier alpha value is -4.12. The van der Waals surface area contributed by atoms with Gasteiger partial charge in [-0.15, -0.1) is 0 Å². The molecular weight excluding hydrogens is 487 g/mol. The van der Waals surface area contributed by atoms with Gasteiger partial charge in [-0.3, -0.25) is 17.9 Å². The van der Waals surface area contributed by atoms with E-state index in [-0.39, 0.29) is 12.1 Å². The molecular formula is C35H33BN4. The summed E-state index contributed by atoms with van der Waals surface area (Å²) >= 11 is 0. The van der Waals surface area contributed by atoms with Crippen LogP contribution in [-0.2, 0) is 5.41 Å². The van der Waals surface area contributed by atoms with Gasteiger partial charge in [0, 0.05) is 28.5 Å². The normalized spacial score (nSPS) is 13.9. The van der Waals surface area contributed by atoms with Crippen LogP contribution in [-0.4, -0.2) is 24.6 Å². The SMILES string of the molecule is Cc1c(C)c2n3c4c(cccc4n2c1C)B1c2c(cc(C(C)(C)C)cc2-3)-n2c(C)c(C)n3c4ccccc4c1c23. The van der Waals surface area contributed by atoms with Crippen molar-refractivity contribution in [2.45, 2.75) is 60.8 Å². The second kappa shape index (κ2) is 6.78. The molecule has 0 saturated carbocycles. The lowest BCUT2D eigenvalue weighted by Gasteiger charge is -2.34. The molecule has 40 heavy (non-hydrogen) atoms. The molecule has 0 spiro atoms. The van der Waals surface area contributed by atoms with Crippen LogP contribution < -0.4 is 16.4 Å². The number of hydrogen-bond acceptors (Lipinski definition) is 0. The highest BCUT2D eigenvalue weighted by atomic mass is 15.2. The summed E-state index contributed by atoms with van der Waals surface area (Å²) in [5, 5.41) is 1.36. The van der Waals surface area contributed by atoms with Crippen LogP contribution in [0.5, 0.6) is 0 Å². The molecule has 2 aliphatic heterocycles. The van der Waals surface area contributed by atoms with E-state index in [9.17, 15) is 0 Å². The molecule has 4 aromatic heterocycles. The van der Waals surface area contributed by atoms with Gasteiger partial charge in [0.15, 0.2) is 0 Å². The van der Waals surface area contributed by atoms with Gasteiger partial charge < -0.3 is 0 Å². The Bertz CT molecular complexity index is 2310. The van der Waals surface area contributed by atoms with Crippen LogP contribution in [0.4, 0.5) is 0 Å². The summed E-state index contributed by atoms with van der Waals surface area (Å²) in [5.74, 6) is 0. The van der Waals surface area contributed by atoms with E-state index in [0.29, 0.717) is 0 Å². The van der Waals surface area contributed by atoms with E-state index in [0.717, 1.165) is 0 Å². The van der Waals surface area contributed by atoms with Crippen molar-refractivity contribution in [2.75, 3.05) is 0 Å². The Kier molecular flexibility index (Phi) is 3.84. The van der Waals surface area contributed by atoms with Gasteiger partial charge in [0.05, 0.1) is 16.6 Å². The van der Waals surface area contributed by atoms with Crippen molar-refractivity contribution in [1.82, 2.24) is 17.9 Å². The first-order valence-electron chi connectivity index (χ1n) is 14.5. The number of benzene rings is 3. The molecule has 0 aliphatic carbocycles. The van der Waals surface area contributed by atoms with E-state index in [1.54, 1.807) is 0 Å². The largest absolute Gasteiger partial charge is 0.299 e. The Morgan fingerprint density at radius 1 is 0.625 bits per heavy atom. The summed E-state index contributed by atoms with van der Waals surface area (Å²) < 4.78 is 10.2. The Morgan fingerprint density at radius 2 is 1.30 bits per heavy atom. The fraction of sp³-hybridized carbons (Fsp3) is 0.257. The average molecular weight is 520 g/mol. The first-order chi connectivity index (χ1) is 19.1. The van der Waals surface area contributed by atoms with Gasteiger partial charge in [-0.25, -0.2) is 0 Å². The first-order valence-corrected chi connectivity index (χ1v) is 14.5. The number of aromatic nitrogens is 4. The van der Waals surface area contributed by atoms with E-state index in [1.807, 2.05) is 0 Å². The molecule has 196 valence electrons. The number of nitrogens with zero attached hydrogens (tertiary/aromatic N) is 4. The quantitative estimate of drug-likeness (QED) is 0.217. The number of fused-ring (bicyclic) bond motifs is 10. The van der Waals surface area contributed by atoms with Crippen molar-refractivity contribution in [3.05, 3.63) is 88.4 Å². The molecule has 0 atom stereocenters. The van der Waals surface area contributed by atoms with E-state index < -0.39 is 0 Å². The lowest BCUT2D eigenvalue weighted by molar-refractivity contribution is 0.589. The topological polar surface area (TPSA) is 18.7 Å². The second-order valence-corrected chi connectivity index (χ2v) is 13.3. The van der Waals surface area contributed by atoms with Crippen molar-refractivity contribution in [3.8, 4) is 11.4 Å². The van der Waals surface area contributed by atoms with Gasteiger partial charge in [0.1, 0.15) is 11.3 Å². The van der Waals surface area contributed by atoms with Crippen LogP contribution in [0.1, 0.15) is 54.5 Å². The van der Waals surface area contributed by atoms with Crippen LogP contribution in [0.15, 0.2) is 54.6 Å². The summed E-state index contributed by atoms with van der Waals surface area (Å²) in [4.78, 5) is 0. The van der Waals surface area contributed by atoms with Gasteiger partial charge >= 0.3 is 0 Å². The minimum absolute atomic E-state index is 0.0167. The third-order valence-electron chi connectivity index (χ3n) is 10.4. The van der Waals surface area contributed by atoms with Crippen molar-refractivity contribution >= 4 is 56.3 Å². The lowest BCUT2D eigenvalue weighted by atomic mass is 9.34. The zero-order chi connectivity index (χ0) is 27.6. The van der Waals surface area contributed by atoms with E-state index >= 15 is 0 Å². The zero-order valence-corrected chi connectivity index (χ0v) is 24.6. The van der Waals surface area contributed by atoms with Gasteiger partial charge in [0.25, 0.3) is 6.71 Å². The summed E-state index contributed by atoms with van der Waals surface area (Å²) in [5.41, 5.74) is 21.7. The maximum absolute atomic E-state index is 2.61. The zero-order valence-electron chi connectivity index (χ0n) is 24.6. The van der Waals surface area contributed by atoms with Gasteiger partial charge in [-0.05, 0) is 103 Å². The Labute approximate surface area is 234 Å². The molecule has 9 rings (SSSR count). The molecule has 3 aromatic carbocycles. The maximum atomic E-state index is 2.61. The number of hydrogen-bond donors (Lipinski definition) is 0. The monoisotopic (exact) mass is 520 g/mol. The average Bonchev–Trinajstić information content (AvgIpc) is 3.60. The van der Waals surface area contributed by atoms with Crippen LogP contribution >= 0.6 is 0 Å². The molecule has 0 bridgehead atoms. The van der Waals surface area contributed by atoms with Crippen molar-refractivity contribution < 1.29 is 0 Å². The highest BCUT2D eigenvalue weighted by Crippen LogP contribution is 2.39. The molecule has 0 saturated heterocycles. The number of imidazole rings is 2. The molecule has 4 nitrogen and oxygen atoms in total. The molecule has 5 heteroatoms. The van der Waals surface area contributed by atoms with E-state index in [1.165, 1.54) is 94.8 Å².